The highest BCUT2D eigenvalue weighted by molar-refractivity contribution is 5.96. The average Bonchev–Trinajstić information content (AvgIpc) is 3.26. The van der Waals surface area contributed by atoms with Crippen LogP contribution in [0.15, 0.2) is 34.9 Å². The monoisotopic (exact) mass is 424 g/mol. The van der Waals surface area contributed by atoms with Gasteiger partial charge in [0.25, 0.3) is 5.91 Å². The van der Waals surface area contributed by atoms with E-state index in [9.17, 15) is 9.59 Å². The second kappa shape index (κ2) is 9.22. The van der Waals surface area contributed by atoms with Crippen molar-refractivity contribution in [1.82, 2.24) is 20.3 Å². The van der Waals surface area contributed by atoms with Crippen LogP contribution in [0.2, 0.25) is 0 Å². The number of benzene rings is 1. The number of aromatic nitrogens is 1. The van der Waals surface area contributed by atoms with Crippen molar-refractivity contribution in [2.24, 2.45) is 0 Å². The van der Waals surface area contributed by atoms with Crippen LogP contribution in [0.5, 0.6) is 0 Å². The summed E-state index contributed by atoms with van der Waals surface area (Å²) in [5.74, 6) is 0.720. The first kappa shape index (κ1) is 21.6. The Morgan fingerprint density at radius 1 is 1.06 bits per heavy atom. The molecule has 7 nitrogen and oxygen atoms in total. The van der Waals surface area contributed by atoms with Crippen molar-refractivity contribution in [3.8, 4) is 0 Å². The van der Waals surface area contributed by atoms with E-state index in [1.165, 1.54) is 5.56 Å². The molecule has 2 aliphatic rings. The lowest BCUT2D eigenvalue weighted by atomic mass is 9.87. The van der Waals surface area contributed by atoms with Crippen LogP contribution in [-0.4, -0.2) is 58.5 Å². The Kier molecular flexibility index (Phi) is 6.41. The maximum Gasteiger partial charge on any atom is 0.251 e. The van der Waals surface area contributed by atoms with E-state index >= 15 is 0 Å². The van der Waals surface area contributed by atoms with E-state index in [-0.39, 0.29) is 23.9 Å². The number of likely N-dealkylation sites (tertiary alicyclic amines) is 2. The highest BCUT2D eigenvalue weighted by Gasteiger charge is 2.44. The third-order valence-electron chi connectivity index (χ3n) is 6.91. The molecule has 4 rings (SSSR count). The number of hydrogen-bond acceptors (Lipinski definition) is 5. The van der Waals surface area contributed by atoms with Gasteiger partial charge in [-0.2, -0.15) is 0 Å². The molecule has 2 amide bonds. The molecule has 2 fully saturated rings. The number of aryl methyl sites for hydroxylation is 2. The first-order chi connectivity index (χ1) is 15.0. The fourth-order valence-corrected chi connectivity index (χ4v) is 5.13. The Hall–Kier alpha value is -2.67. The quantitative estimate of drug-likeness (QED) is 0.798. The summed E-state index contributed by atoms with van der Waals surface area (Å²) in [6, 6.07) is 9.04. The van der Waals surface area contributed by atoms with Crippen LogP contribution in [0.1, 0.15) is 59.5 Å². The third-order valence-corrected chi connectivity index (χ3v) is 6.91. The van der Waals surface area contributed by atoms with Gasteiger partial charge in [-0.15, -0.1) is 0 Å². The molecule has 1 atom stereocenters. The predicted octanol–water partition coefficient (Wildman–Crippen LogP) is 3.07. The summed E-state index contributed by atoms with van der Waals surface area (Å²) in [5, 5.41) is 6.89. The zero-order chi connectivity index (χ0) is 21.8. The van der Waals surface area contributed by atoms with Gasteiger partial charge in [0.15, 0.2) is 0 Å². The number of amides is 2. The summed E-state index contributed by atoms with van der Waals surface area (Å²) in [6.07, 6.45) is 5.12. The van der Waals surface area contributed by atoms with Gasteiger partial charge < -0.3 is 14.7 Å². The maximum atomic E-state index is 13.1. The van der Waals surface area contributed by atoms with E-state index in [1.54, 1.807) is 12.1 Å². The van der Waals surface area contributed by atoms with Gasteiger partial charge in [-0.1, -0.05) is 23.4 Å². The highest BCUT2D eigenvalue weighted by atomic mass is 16.5. The van der Waals surface area contributed by atoms with Crippen LogP contribution in [0.4, 0.5) is 0 Å². The largest absolute Gasteiger partial charge is 0.361 e. The van der Waals surface area contributed by atoms with Crippen molar-refractivity contribution < 1.29 is 14.1 Å². The summed E-state index contributed by atoms with van der Waals surface area (Å²) in [5.41, 5.74) is 2.64. The van der Waals surface area contributed by atoms with Crippen LogP contribution < -0.4 is 5.32 Å². The number of nitrogens with one attached hydrogen (secondary N) is 1. The number of hydrogen-bond donors (Lipinski definition) is 1. The average molecular weight is 425 g/mol. The Labute approximate surface area is 183 Å². The summed E-state index contributed by atoms with van der Waals surface area (Å²) < 4.78 is 5.32. The van der Waals surface area contributed by atoms with Crippen LogP contribution in [0.25, 0.3) is 0 Å². The Bertz CT molecular complexity index is 907. The van der Waals surface area contributed by atoms with Crippen molar-refractivity contribution in [2.45, 2.75) is 58.0 Å². The molecule has 2 aliphatic heterocycles. The molecule has 0 radical (unpaired) electrons. The fourth-order valence-electron chi connectivity index (χ4n) is 5.13. The molecule has 0 unspecified atom stereocenters. The first-order valence-electron chi connectivity index (χ1n) is 11.3. The Balaban J connectivity index is 1.36. The molecule has 1 aromatic heterocycles. The number of carbonyl (C=O) groups excluding carboxylic acids is 2. The minimum absolute atomic E-state index is 0.0287. The van der Waals surface area contributed by atoms with Gasteiger partial charge >= 0.3 is 0 Å². The summed E-state index contributed by atoms with van der Waals surface area (Å²) in [4.78, 5) is 29.9. The van der Waals surface area contributed by atoms with Crippen LogP contribution >= 0.6 is 0 Å². The summed E-state index contributed by atoms with van der Waals surface area (Å²) >= 11 is 0. The molecular weight excluding hydrogens is 392 g/mol. The van der Waals surface area contributed by atoms with Gasteiger partial charge in [0, 0.05) is 36.3 Å². The number of carbonyl (C=O) groups is 2. The Morgan fingerprint density at radius 3 is 2.52 bits per heavy atom. The first-order valence-corrected chi connectivity index (χ1v) is 11.3. The third kappa shape index (κ3) is 4.66. The minimum Gasteiger partial charge on any atom is -0.361 e. The SMILES string of the molecule is Cc1noc(C)c1CN1CCC[C@@]2(CCCN2C(=O)CNC(=O)c2ccccc2)CC1. The lowest BCUT2D eigenvalue weighted by Crippen LogP contribution is -2.51. The van der Waals surface area contributed by atoms with Gasteiger partial charge in [0.05, 0.1) is 12.2 Å². The highest BCUT2D eigenvalue weighted by Crippen LogP contribution is 2.38. The number of rotatable bonds is 5. The molecule has 7 heteroatoms. The van der Waals surface area contributed by atoms with E-state index in [1.807, 2.05) is 32.0 Å². The molecule has 31 heavy (non-hydrogen) atoms. The fraction of sp³-hybridized carbons (Fsp3) is 0.542. The summed E-state index contributed by atoms with van der Waals surface area (Å²) in [7, 11) is 0. The molecule has 3 heterocycles. The van der Waals surface area contributed by atoms with Crippen LogP contribution in [0.3, 0.4) is 0 Å². The van der Waals surface area contributed by atoms with Gasteiger partial charge in [-0.05, 0) is 64.6 Å². The molecule has 2 aromatic rings. The van der Waals surface area contributed by atoms with Crippen molar-refractivity contribution in [1.29, 1.82) is 0 Å². The second-order valence-electron chi connectivity index (χ2n) is 8.85. The van der Waals surface area contributed by atoms with E-state index < -0.39 is 0 Å². The van der Waals surface area contributed by atoms with Crippen LogP contribution in [-0.2, 0) is 11.3 Å². The smallest absolute Gasteiger partial charge is 0.251 e. The predicted molar refractivity (Wildman–Crippen MR) is 118 cm³/mol. The van der Waals surface area contributed by atoms with E-state index in [2.05, 4.69) is 20.3 Å². The molecule has 0 bridgehead atoms. The van der Waals surface area contributed by atoms with Gasteiger partial charge in [-0.25, -0.2) is 0 Å². The standard InChI is InChI=1S/C24H32N4O3/c1-18-21(19(2)31-26-18)17-27-13-6-10-24(12-15-27)11-7-14-28(24)22(29)16-25-23(30)20-8-4-3-5-9-20/h3-5,8-9H,6-7,10-17H2,1-2H3,(H,25,30)/t24-/m1/s1. The maximum absolute atomic E-state index is 13.1. The second-order valence-corrected chi connectivity index (χ2v) is 8.85. The molecule has 1 spiro atoms. The molecule has 0 aliphatic carbocycles. The van der Waals surface area contributed by atoms with Gasteiger partial charge in [-0.3, -0.25) is 14.5 Å². The molecule has 2 saturated heterocycles. The molecule has 1 aromatic carbocycles. The topological polar surface area (TPSA) is 78.7 Å². The normalized spacial score (nSPS) is 21.9. The van der Waals surface area contributed by atoms with Crippen molar-refractivity contribution in [3.05, 3.63) is 52.9 Å². The molecule has 166 valence electrons. The van der Waals surface area contributed by atoms with E-state index in [0.717, 1.165) is 69.7 Å². The lowest BCUT2D eigenvalue weighted by molar-refractivity contribution is -0.134. The van der Waals surface area contributed by atoms with E-state index in [0.29, 0.717) is 5.56 Å². The van der Waals surface area contributed by atoms with Crippen molar-refractivity contribution in [2.75, 3.05) is 26.2 Å². The Morgan fingerprint density at radius 2 is 1.81 bits per heavy atom. The zero-order valence-corrected chi connectivity index (χ0v) is 18.5. The zero-order valence-electron chi connectivity index (χ0n) is 18.5. The lowest BCUT2D eigenvalue weighted by Gasteiger charge is -2.38. The van der Waals surface area contributed by atoms with E-state index in [4.69, 9.17) is 4.52 Å². The van der Waals surface area contributed by atoms with Gasteiger partial charge in [0.2, 0.25) is 5.91 Å². The minimum atomic E-state index is -0.200. The van der Waals surface area contributed by atoms with Crippen molar-refractivity contribution in [3.63, 3.8) is 0 Å². The van der Waals surface area contributed by atoms with Crippen molar-refractivity contribution >= 4 is 11.8 Å². The molecular formula is C24H32N4O3. The molecule has 0 saturated carbocycles. The molecule has 1 N–H and O–H groups in total. The number of nitrogens with zero attached hydrogens (tertiary/aromatic N) is 3. The summed E-state index contributed by atoms with van der Waals surface area (Å²) in [6.45, 7) is 7.60. The van der Waals surface area contributed by atoms with Crippen LogP contribution in [0, 0.1) is 13.8 Å². The van der Waals surface area contributed by atoms with Gasteiger partial charge in [0.1, 0.15) is 5.76 Å².